The summed E-state index contributed by atoms with van der Waals surface area (Å²) in [6.07, 6.45) is 2.66. The summed E-state index contributed by atoms with van der Waals surface area (Å²) >= 11 is 6.22. The second-order valence-electron chi connectivity index (χ2n) is 4.98. The fourth-order valence-electron chi connectivity index (χ4n) is 2.21. The van der Waals surface area contributed by atoms with Gasteiger partial charge >= 0.3 is 0 Å². The van der Waals surface area contributed by atoms with Gasteiger partial charge in [0.15, 0.2) is 0 Å². The summed E-state index contributed by atoms with van der Waals surface area (Å²) in [6.45, 7) is 6.65. The zero-order chi connectivity index (χ0) is 14.7. The molecule has 1 N–H and O–H groups in total. The Kier molecular flexibility index (Phi) is 4.84. The molecule has 0 bridgehead atoms. The molecule has 1 aromatic heterocycles. The Morgan fingerprint density at radius 1 is 1.30 bits per heavy atom. The summed E-state index contributed by atoms with van der Waals surface area (Å²) in [6, 6.07) is 4.91. The first kappa shape index (κ1) is 15.1. The quantitative estimate of drug-likeness (QED) is 0.859. The molecule has 1 atom stereocenters. The summed E-state index contributed by atoms with van der Waals surface area (Å²) in [7, 11) is 0. The van der Waals surface area contributed by atoms with Gasteiger partial charge in [0.25, 0.3) is 0 Å². The molecule has 20 heavy (non-hydrogen) atoms. The van der Waals surface area contributed by atoms with Crippen LogP contribution in [-0.4, -0.2) is 6.54 Å². The van der Waals surface area contributed by atoms with Crippen LogP contribution < -0.4 is 5.32 Å². The molecule has 1 unspecified atom stereocenters. The summed E-state index contributed by atoms with van der Waals surface area (Å²) in [5, 5.41) is 3.83. The monoisotopic (exact) mass is 295 g/mol. The third-order valence-corrected chi connectivity index (χ3v) is 3.68. The van der Waals surface area contributed by atoms with E-state index in [1.807, 2.05) is 13.0 Å². The van der Waals surface area contributed by atoms with Crippen molar-refractivity contribution in [3.8, 4) is 0 Å². The molecule has 0 spiro atoms. The fraction of sp³-hybridized carbons (Fsp3) is 0.375. The molecule has 0 fully saturated rings. The van der Waals surface area contributed by atoms with E-state index >= 15 is 0 Å². The molecule has 0 radical (unpaired) electrons. The van der Waals surface area contributed by atoms with E-state index < -0.39 is 0 Å². The maximum Gasteiger partial charge on any atom is 0.128 e. The largest absolute Gasteiger partial charge is 0.467 e. The Morgan fingerprint density at radius 2 is 2.05 bits per heavy atom. The summed E-state index contributed by atoms with van der Waals surface area (Å²) < 4.78 is 19.2. The molecule has 2 nitrogen and oxygen atoms in total. The number of hydrogen-bond donors (Lipinski definition) is 1. The Labute approximate surface area is 123 Å². The predicted octanol–water partition coefficient (Wildman–Crippen LogP) is 4.78. The molecule has 0 aliphatic rings. The second kappa shape index (κ2) is 6.42. The van der Waals surface area contributed by atoms with E-state index in [1.165, 1.54) is 6.07 Å². The Balaban J connectivity index is 2.46. The van der Waals surface area contributed by atoms with Crippen LogP contribution in [0.15, 0.2) is 28.9 Å². The van der Waals surface area contributed by atoms with Crippen LogP contribution >= 0.6 is 11.6 Å². The number of benzene rings is 1. The first-order valence-corrected chi connectivity index (χ1v) is 7.15. The van der Waals surface area contributed by atoms with Crippen LogP contribution in [0.25, 0.3) is 0 Å². The lowest BCUT2D eigenvalue weighted by Crippen LogP contribution is -2.24. The highest BCUT2D eigenvalue weighted by Gasteiger charge is 2.22. The number of hydrogen-bond acceptors (Lipinski definition) is 2. The van der Waals surface area contributed by atoms with Gasteiger partial charge in [-0.25, -0.2) is 4.39 Å². The SMILES string of the molecule is CCCNC(c1cc(C)c(F)cc1Cl)c1occc1C. The topological polar surface area (TPSA) is 25.2 Å². The van der Waals surface area contributed by atoms with E-state index in [-0.39, 0.29) is 11.9 Å². The smallest absolute Gasteiger partial charge is 0.128 e. The summed E-state index contributed by atoms with van der Waals surface area (Å²) in [4.78, 5) is 0. The number of halogens is 2. The van der Waals surface area contributed by atoms with Crippen LogP contribution in [0.1, 0.15) is 41.8 Å². The van der Waals surface area contributed by atoms with E-state index in [4.69, 9.17) is 16.0 Å². The van der Waals surface area contributed by atoms with Crippen molar-refractivity contribution < 1.29 is 8.81 Å². The average Bonchev–Trinajstić information content (AvgIpc) is 2.82. The number of rotatable bonds is 5. The van der Waals surface area contributed by atoms with Crippen molar-refractivity contribution >= 4 is 11.6 Å². The van der Waals surface area contributed by atoms with Gasteiger partial charge in [-0.1, -0.05) is 18.5 Å². The van der Waals surface area contributed by atoms with Crippen molar-refractivity contribution in [1.82, 2.24) is 5.32 Å². The third kappa shape index (κ3) is 3.05. The lowest BCUT2D eigenvalue weighted by molar-refractivity contribution is 0.443. The minimum absolute atomic E-state index is 0.156. The zero-order valence-electron chi connectivity index (χ0n) is 12.0. The van der Waals surface area contributed by atoms with Crippen LogP contribution in [-0.2, 0) is 0 Å². The maximum absolute atomic E-state index is 13.6. The average molecular weight is 296 g/mol. The normalized spacial score (nSPS) is 12.7. The van der Waals surface area contributed by atoms with Gasteiger partial charge in [0.05, 0.1) is 12.3 Å². The van der Waals surface area contributed by atoms with Gasteiger partial charge in [-0.15, -0.1) is 0 Å². The highest BCUT2D eigenvalue weighted by molar-refractivity contribution is 6.31. The van der Waals surface area contributed by atoms with E-state index in [0.29, 0.717) is 10.6 Å². The molecule has 1 heterocycles. The van der Waals surface area contributed by atoms with Crippen molar-refractivity contribution in [3.05, 3.63) is 57.8 Å². The minimum Gasteiger partial charge on any atom is -0.467 e. The molecule has 2 aromatic rings. The van der Waals surface area contributed by atoms with Crippen LogP contribution in [0, 0.1) is 19.7 Å². The first-order valence-electron chi connectivity index (χ1n) is 6.77. The third-order valence-electron chi connectivity index (χ3n) is 3.35. The molecule has 1 aromatic carbocycles. The standard InChI is InChI=1S/C16H19ClFNO/c1-4-6-19-15(16-10(2)5-7-20-16)12-8-11(3)14(18)9-13(12)17/h5,7-9,15,19H,4,6H2,1-3H3. The van der Waals surface area contributed by atoms with Crippen molar-refractivity contribution in [2.24, 2.45) is 0 Å². The molecular formula is C16H19ClFNO. The van der Waals surface area contributed by atoms with Crippen LogP contribution in [0.4, 0.5) is 4.39 Å². The number of furan rings is 1. The maximum atomic E-state index is 13.6. The molecule has 4 heteroatoms. The molecule has 0 saturated carbocycles. The van der Waals surface area contributed by atoms with E-state index in [9.17, 15) is 4.39 Å². The van der Waals surface area contributed by atoms with Crippen LogP contribution in [0.5, 0.6) is 0 Å². The van der Waals surface area contributed by atoms with Gasteiger partial charge in [0.1, 0.15) is 11.6 Å². The molecule has 2 rings (SSSR count). The Morgan fingerprint density at radius 3 is 2.65 bits per heavy atom. The highest BCUT2D eigenvalue weighted by atomic mass is 35.5. The second-order valence-corrected chi connectivity index (χ2v) is 5.39. The van der Waals surface area contributed by atoms with Gasteiger partial charge in [-0.3, -0.25) is 0 Å². The summed E-state index contributed by atoms with van der Waals surface area (Å²) in [5.41, 5.74) is 2.48. The van der Waals surface area contributed by atoms with E-state index in [1.54, 1.807) is 19.3 Å². The van der Waals surface area contributed by atoms with Crippen LogP contribution in [0.3, 0.4) is 0 Å². The molecule has 0 saturated heterocycles. The van der Waals surface area contributed by atoms with Crippen molar-refractivity contribution in [1.29, 1.82) is 0 Å². The molecular weight excluding hydrogens is 277 g/mol. The number of aryl methyl sites for hydroxylation is 2. The van der Waals surface area contributed by atoms with Gasteiger partial charge in [-0.05, 0) is 61.7 Å². The molecule has 108 valence electrons. The lowest BCUT2D eigenvalue weighted by atomic mass is 9.99. The van der Waals surface area contributed by atoms with Crippen molar-refractivity contribution in [3.63, 3.8) is 0 Å². The molecule has 0 aliphatic carbocycles. The van der Waals surface area contributed by atoms with Crippen molar-refractivity contribution in [2.45, 2.75) is 33.2 Å². The van der Waals surface area contributed by atoms with Gasteiger partial charge in [0.2, 0.25) is 0 Å². The first-order chi connectivity index (χ1) is 9.54. The van der Waals surface area contributed by atoms with Crippen molar-refractivity contribution in [2.75, 3.05) is 6.54 Å². The Hall–Kier alpha value is -1.32. The lowest BCUT2D eigenvalue weighted by Gasteiger charge is -2.20. The summed E-state index contributed by atoms with van der Waals surface area (Å²) in [5.74, 6) is 0.538. The van der Waals surface area contributed by atoms with Gasteiger partial charge in [-0.2, -0.15) is 0 Å². The zero-order valence-corrected chi connectivity index (χ0v) is 12.7. The fourth-order valence-corrected chi connectivity index (χ4v) is 2.47. The molecule has 0 aliphatic heterocycles. The predicted molar refractivity (Wildman–Crippen MR) is 79.7 cm³/mol. The van der Waals surface area contributed by atoms with Crippen LogP contribution in [0.2, 0.25) is 5.02 Å². The highest BCUT2D eigenvalue weighted by Crippen LogP contribution is 2.32. The Bertz CT molecular complexity index is 594. The number of nitrogens with one attached hydrogen (secondary N) is 1. The van der Waals surface area contributed by atoms with Gasteiger partial charge < -0.3 is 9.73 Å². The van der Waals surface area contributed by atoms with E-state index in [0.717, 1.165) is 29.9 Å². The van der Waals surface area contributed by atoms with E-state index in [2.05, 4.69) is 12.2 Å². The van der Waals surface area contributed by atoms with Gasteiger partial charge in [0, 0.05) is 5.02 Å². The molecule has 0 amide bonds. The minimum atomic E-state index is -0.288.